The third kappa shape index (κ3) is 2.47. The van der Waals surface area contributed by atoms with Crippen LogP contribution in [0, 0.1) is 5.82 Å². The van der Waals surface area contributed by atoms with Crippen LogP contribution in [0.5, 0.6) is 11.5 Å². The summed E-state index contributed by atoms with van der Waals surface area (Å²) in [5, 5.41) is 9.67. The molecule has 0 amide bonds. The standard InChI is InChI=1S/C10H10BrFO3/c1-15-10-7(11)5-8(12)6(9(10)14)3-2-4-13/h4-5,14H,2-3H2,1H3. The lowest BCUT2D eigenvalue weighted by Crippen LogP contribution is -1.96. The summed E-state index contributed by atoms with van der Waals surface area (Å²) in [5.41, 5.74) is 0.0992. The molecule has 82 valence electrons. The summed E-state index contributed by atoms with van der Waals surface area (Å²) in [5.74, 6) is -0.634. The van der Waals surface area contributed by atoms with Crippen LogP contribution in [0.2, 0.25) is 0 Å². The van der Waals surface area contributed by atoms with Crippen molar-refractivity contribution in [1.29, 1.82) is 0 Å². The Bertz CT molecular complexity index is 379. The molecule has 0 aromatic heterocycles. The Morgan fingerprint density at radius 2 is 2.33 bits per heavy atom. The molecule has 0 atom stereocenters. The van der Waals surface area contributed by atoms with E-state index in [4.69, 9.17) is 4.74 Å². The quantitative estimate of drug-likeness (QED) is 0.860. The molecule has 1 aromatic rings. The molecule has 1 rings (SSSR count). The number of aldehydes is 1. The SMILES string of the molecule is COc1c(Br)cc(F)c(CCC=O)c1O. The first-order chi connectivity index (χ1) is 7.11. The van der Waals surface area contributed by atoms with E-state index in [1.54, 1.807) is 0 Å². The van der Waals surface area contributed by atoms with Crippen LogP contribution in [0.15, 0.2) is 10.5 Å². The number of phenols is 1. The number of rotatable bonds is 4. The molecule has 15 heavy (non-hydrogen) atoms. The topological polar surface area (TPSA) is 46.5 Å². The van der Waals surface area contributed by atoms with Crippen molar-refractivity contribution in [2.45, 2.75) is 12.8 Å². The van der Waals surface area contributed by atoms with Gasteiger partial charge in [-0.3, -0.25) is 0 Å². The van der Waals surface area contributed by atoms with Gasteiger partial charge >= 0.3 is 0 Å². The van der Waals surface area contributed by atoms with Gasteiger partial charge < -0.3 is 14.6 Å². The van der Waals surface area contributed by atoms with Crippen LogP contribution >= 0.6 is 15.9 Å². The molecule has 3 nitrogen and oxygen atoms in total. The van der Waals surface area contributed by atoms with Crippen molar-refractivity contribution in [2.24, 2.45) is 0 Å². The van der Waals surface area contributed by atoms with Crippen molar-refractivity contribution < 1.29 is 19.0 Å². The Labute approximate surface area is 95.0 Å². The fraction of sp³-hybridized carbons (Fsp3) is 0.300. The third-order valence-electron chi connectivity index (χ3n) is 1.98. The number of carbonyl (C=O) groups excluding carboxylic acids is 1. The van der Waals surface area contributed by atoms with Gasteiger partial charge in [0.05, 0.1) is 11.6 Å². The summed E-state index contributed by atoms with van der Waals surface area (Å²) in [6.07, 6.45) is 0.994. The van der Waals surface area contributed by atoms with E-state index in [1.807, 2.05) is 0 Å². The smallest absolute Gasteiger partial charge is 0.175 e. The Balaban J connectivity index is 3.19. The highest BCUT2D eigenvalue weighted by molar-refractivity contribution is 9.10. The highest BCUT2D eigenvalue weighted by Gasteiger charge is 2.16. The number of methoxy groups -OCH3 is 1. The van der Waals surface area contributed by atoms with Crippen LogP contribution in [0.4, 0.5) is 4.39 Å². The van der Waals surface area contributed by atoms with Crippen molar-refractivity contribution in [1.82, 2.24) is 0 Å². The minimum atomic E-state index is -0.554. The van der Waals surface area contributed by atoms with Crippen molar-refractivity contribution >= 4 is 22.2 Å². The Morgan fingerprint density at radius 1 is 1.67 bits per heavy atom. The van der Waals surface area contributed by atoms with Gasteiger partial charge in [0.15, 0.2) is 11.5 Å². The van der Waals surface area contributed by atoms with Crippen LogP contribution in [0.3, 0.4) is 0 Å². The Morgan fingerprint density at radius 3 is 2.87 bits per heavy atom. The maximum absolute atomic E-state index is 13.4. The van der Waals surface area contributed by atoms with Crippen LogP contribution in [0.25, 0.3) is 0 Å². The molecule has 1 aromatic carbocycles. The zero-order valence-corrected chi connectivity index (χ0v) is 9.67. The van der Waals surface area contributed by atoms with Gasteiger partial charge in [0.25, 0.3) is 0 Å². The molecule has 0 saturated heterocycles. The van der Waals surface area contributed by atoms with Gasteiger partial charge in [-0.1, -0.05) is 0 Å². The summed E-state index contributed by atoms with van der Waals surface area (Å²) >= 11 is 3.07. The number of hydrogen-bond donors (Lipinski definition) is 1. The lowest BCUT2D eigenvalue weighted by Gasteiger charge is -2.10. The van der Waals surface area contributed by atoms with E-state index in [-0.39, 0.29) is 29.9 Å². The van der Waals surface area contributed by atoms with Crippen LogP contribution in [-0.4, -0.2) is 18.5 Å². The molecule has 0 saturated carbocycles. The largest absolute Gasteiger partial charge is 0.504 e. The fourth-order valence-electron chi connectivity index (χ4n) is 1.26. The predicted molar refractivity (Wildman–Crippen MR) is 56.7 cm³/mol. The molecule has 0 unspecified atom stereocenters. The molecular weight excluding hydrogens is 267 g/mol. The van der Waals surface area contributed by atoms with Gasteiger partial charge in [-0.05, 0) is 28.4 Å². The number of benzene rings is 1. The van der Waals surface area contributed by atoms with Gasteiger partial charge in [-0.2, -0.15) is 0 Å². The first kappa shape index (κ1) is 12.0. The lowest BCUT2D eigenvalue weighted by atomic mass is 10.1. The number of halogens is 2. The second kappa shape index (κ2) is 5.11. The Hall–Kier alpha value is -1.10. The summed E-state index contributed by atoms with van der Waals surface area (Å²) in [6, 6.07) is 1.21. The summed E-state index contributed by atoms with van der Waals surface area (Å²) in [7, 11) is 1.38. The average molecular weight is 277 g/mol. The normalized spacial score (nSPS) is 10.1. The fourth-order valence-corrected chi connectivity index (χ4v) is 1.81. The molecule has 0 aliphatic heterocycles. The second-order valence-electron chi connectivity index (χ2n) is 2.91. The number of phenolic OH excluding ortho intramolecular Hbond substituents is 1. The van der Waals surface area contributed by atoms with E-state index in [9.17, 15) is 14.3 Å². The van der Waals surface area contributed by atoms with Gasteiger partial charge in [0.2, 0.25) is 0 Å². The number of carbonyl (C=O) groups is 1. The van der Waals surface area contributed by atoms with Crippen molar-refractivity contribution in [2.75, 3.05) is 7.11 Å². The Kier molecular flexibility index (Phi) is 4.08. The monoisotopic (exact) mass is 276 g/mol. The minimum absolute atomic E-state index is 0.0992. The number of aromatic hydroxyl groups is 1. The molecule has 0 bridgehead atoms. The molecule has 0 aliphatic carbocycles. The van der Waals surface area contributed by atoms with E-state index >= 15 is 0 Å². The molecule has 1 N–H and O–H groups in total. The van der Waals surface area contributed by atoms with Crippen molar-refractivity contribution in [3.8, 4) is 11.5 Å². The zero-order chi connectivity index (χ0) is 11.4. The maximum Gasteiger partial charge on any atom is 0.175 e. The molecular formula is C10H10BrFO3. The van der Waals surface area contributed by atoms with Gasteiger partial charge in [-0.25, -0.2) is 4.39 Å². The number of hydrogen-bond acceptors (Lipinski definition) is 3. The van der Waals surface area contributed by atoms with E-state index in [2.05, 4.69) is 15.9 Å². The summed E-state index contributed by atoms with van der Waals surface area (Å²) in [6.45, 7) is 0. The number of ether oxygens (including phenoxy) is 1. The van der Waals surface area contributed by atoms with Crippen LogP contribution < -0.4 is 4.74 Å². The average Bonchev–Trinajstić information content (AvgIpc) is 2.17. The molecule has 0 heterocycles. The second-order valence-corrected chi connectivity index (χ2v) is 3.76. The molecule has 0 spiro atoms. The van der Waals surface area contributed by atoms with Crippen molar-refractivity contribution in [3.63, 3.8) is 0 Å². The van der Waals surface area contributed by atoms with Crippen molar-refractivity contribution in [3.05, 3.63) is 21.9 Å². The molecule has 0 radical (unpaired) electrons. The lowest BCUT2D eigenvalue weighted by molar-refractivity contribution is -0.107. The van der Waals surface area contributed by atoms with E-state index in [1.165, 1.54) is 13.2 Å². The summed E-state index contributed by atoms with van der Waals surface area (Å²) < 4.78 is 18.6. The van der Waals surface area contributed by atoms with E-state index < -0.39 is 5.82 Å². The maximum atomic E-state index is 13.4. The van der Waals surface area contributed by atoms with Gasteiger partial charge in [0.1, 0.15) is 12.1 Å². The van der Waals surface area contributed by atoms with E-state index in [0.29, 0.717) is 10.8 Å². The highest BCUT2D eigenvalue weighted by atomic mass is 79.9. The van der Waals surface area contributed by atoms with Crippen LogP contribution in [0.1, 0.15) is 12.0 Å². The molecule has 5 heteroatoms. The highest BCUT2D eigenvalue weighted by Crippen LogP contribution is 2.39. The molecule has 0 aliphatic rings. The van der Waals surface area contributed by atoms with E-state index in [0.717, 1.165) is 0 Å². The van der Waals surface area contributed by atoms with Crippen LogP contribution in [-0.2, 0) is 11.2 Å². The molecule has 0 fully saturated rings. The predicted octanol–water partition coefficient (Wildman–Crippen LogP) is 2.43. The zero-order valence-electron chi connectivity index (χ0n) is 8.09. The first-order valence-electron chi connectivity index (χ1n) is 4.29. The minimum Gasteiger partial charge on any atom is -0.504 e. The third-order valence-corrected chi connectivity index (χ3v) is 2.56. The first-order valence-corrected chi connectivity index (χ1v) is 5.08. The summed E-state index contributed by atoms with van der Waals surface area (Å²) in [4.78, 5) is 10.2. The van der Waals surface area contributed by atoms with Gasteiger partial charge in [-0.15, -0.1) is 0 Å². The van der Waals surface area contributed by atoms with Gasteiger partial charge in [0, 0.05) is 12.0 Å².